The molecule has 0 N–H and O–H groups in total. The third-order valence-corrected chi connectivity index (χ3v) is 5.79. The summed E-state index contributed by atoms with van der Waals surface area (Å²) < 4.78 is 43.2. The number of fused-ring (bicyclic) bond motifs is 1. The first kappa shape index (κ1) is 20.5. The monoisotopic (exact) mass is 417 g/mol. The molecule has 0 radical (unpaired) electrons. The number of nitrogens with zero attached hydrogens (tertiary/aromatic N) is 3. The fraction of sp³-hybridized carbons (Fsp3) is 0.455. The molecular weight excluding hydrogens is 392 g/mol. The van der Waals surface area contributed by atoms with Gasteiger partial charge in [0.05, 0.1) is 25.3 Å². The molecule has 1 fully saturated rings. The van der Waals surface area contributed by atoms with E-state index < -0.39 is 6.43 Å². The number of ether oxygens (including phenoxy) is 2. The minimum absolute atomic E-state index is 0.0442. The van der Waals surface area contributed by atoms with Gasteiger partial charge in [0, 0.05) is 29.3 Å². The Labute approximate surface area is 173 Å². The van der Waals surface area contributed by atoms with Crippen molar-refractivity contribution in [3.05, 3.63) is 46.8 Å². The molecule has 1 saturated heterocycles. The Balaban J connectivity index is 1.49. The van der Waals surface area contributed by atoms with E-state index in [1.165, 1.54) is 6.07 Å². The minimum Gasteiger partial charge on any atom is -0.497 e. The van der Waals surface area contributed by atoms with Crippen molar-refractivity contribution in [1.82, 2.24) is 15.0 Å². The maximum atomic E-state index is 13.6. The van der Waals surface area contributed by atoms with Gasteiger partial charge in [-0.2, -0.15) is 0 Å². The maximum Gasteiger partial charge on any atom is 0.264 e. The van der Waals surface area contributed by atoms with E-state index in [2.05, 4.69) is 15.0 Å². The zero-order valence-electron chi connectivity index (χ0n) is 17.3. The summed E-state index contributed by atoms with van der Waals surface area (Å²) in [6.07, 6.45) is -0.922. The maximum absolute atomic E-state index is 13.6. The molecule has 0 aliphatic carbocycles. The number of likely N-dealkylation sites (tertiary alicyclic amines) is 1. The Kier molecular flexibility index (Phi) is 5.85. The van der Waals surface area contributed by atoms with Crippen LogP contribution in [0.15, 0.2) is 28.8 Å². The third kappa shape index (κ3) is 3.96. The highest BCUT2D eigenvalue weighted by molar-refractivity contribution is 5.80. The molecule has 8 heteroatoms. The average molecular weight is 417 g/mol. The van der Waals surface area contributed by atoms with Crippen LogP contribution >= 0.6 is 0 Å². The highest BCUT2D eigenvalue weighted by atomic mass is 19.3. The molecule has 0 spiro atoms. The second kappa shape index (κ2) is 8.55. The van der Waals surface area contributed by atoms with Crippen LogP contribution in [0.1, 0.15) is 47.7 Å². The average Bonchev–Trinajstić information content (AvgIpc) is 3.14. The summed E-state index contributed by atoms with van der Waals surface area (Å²) >= 11 is 0. The van der Waals surface area contributed by atoms with Crippen LogP contribution in [0.2, 0.25) is 0 Å². The van der Waals surface area contributed by atoms with Gasteiger partial charge in [0.1, 0.15) is 11.5 Å². The summed E-state index contributed by atoms with van der Waals surface area (Å²) in [4.78, 5) is 6.84. The standard InChI is InChI=1S/C22H25F2N3O3/c1-13-20-17(21(23)24)11-18(25-22(20)30-26-13)14-6-8-27(9-7-14)12-15-10-16(28-2)4-5-19(15)29-3/h4-5,10-11,14,21H,6-9,12H2,1-3H3. The molecule has 4 rings (SSSR count). The predicted molar refractivity (Wildman–Crippen MR) is 108 cm³/mol. The van der Waals surface area contributed by atoms with Gasteiger partial charge in [-0.15, -0.1) is 0 Å². The van der Waals surface area contributed by atoms with Gasteiger partial charge < -0.3 is 14.0 Å². The lowest BCUT2D eigenvalue weighted by atomic mass is 9.91. The van der Waals surface area contributed by atoms with Crippen LogP contribution in [-0.4, -0.2) is 42.3 Å². The van der Waals surface area contributed by atoms with Gasteiger partial charge in [0.25, 0.3) is 12.1 Å². The van der Waals surface area contributed by atoms with Crippen molar-refractivity contribution >= 4 is 11.1 Å². The molecule has 30 heavy (non-hydrogen) atoms. The molecule has 0 amide bonds. The molecule has 1 aromatic carbocycles. The summed E-state index contributed by atoms with van der Waals surface area (Å²) in [6.45, 7) is 4.07. The smallest absolute Gasteiger partial charge is 0.264 e. The van der Waals surface area contributed by atoms with Gasteiger partial charge in [-0.25, -0.2) is 13.8 Å². The van der Waals surface area contributed by atoms with Gasteiger partial charge in [-0.1, -0.05) is 5.16 Å². The Morgan fingerprint density at radius 2 is 1.93 bits per heavy atom. The molecule has 0 atom stereocenters. The largest absolute Gasteiger partial charge is 0.497 e. The van der Waals surface area contributed by atoms with E-state index in [-0.39, 0.29) is 17.2 Å². The van der Waals surface area contributed by atoms with Crippen LogP contribution in [0.4, 0.5) is 8.78 Å². The number of halogens is 2. The van der Waals surface area contributed by atoms with E-state index >= 15 is 0 Å². The molecule has 1 aliphatic heterocycles. The zero-order valence-corrected chi connectivity index (χ0v) is 17.3. The predicted octanol–water partition coefficient (Wildman–Crippen LogP) is 4.87. The van der Waals surface area contributed by atoms with Gasteiger partial charge in [0.15, 0.2) is 0 Å². The van der Waals surface area contributed by atoms with Crippen LogP contribution in [0, 0.1) is 6.92 Å². The lowest BCUT2D eigenvalue weighted by Gasteiger charge is -2.32. The van der Waals surface area contributed by atoms with E-state index in [0.717, 1.165) is 49.5 Å². The Hall–Kier alpha value is -2.74. The van der Waals surface area contributed by atoms with E-state index in [9.17, 15) is 8.78 Å². The minimum atomic E-state index is -2.59. The topological polar surface area (TPSA) is 60.6 Å². The number of benzene rings is 1. The number of alkyl halides is 2. The van der Waals surface area contributed by atoms with Crippen LogP contribution in [-0.2, 0) is 6.54 Å². The van der Waals surface area contributed by atoms with Gasteiger partial charge in [-0.05, 0) is 57.1 Å². The number of pyridine rings is 1. The fourth-order valence-electron chi connectivity index (χ4n) is 4.16. The molecule has 0 bridgehead atoms. The lowest BCUT2D eigenvalue weighted by Crippen LogP contribution is -2.32. The van der Waals surface area contributed by atoms with Crippen molar-refractivity contribution in [2.24, 2.45) is 0 Å². The molecule has 3 heterocycles. The summed E-state index contributed by atoms with van der Waals surface area (Å²) in [5, 5.41) is 4.14. The number of aryl methyl sites for hydroxylation is 1. The zero-order chi connectivity index (χ0) is 21.3. The molecular formula is C22H25F2N3O3. The molecule has 2 aromatic heterocycles. The summed E-state index contributed by atoms with van der Waals surface area (Å²) in [7, 11) is 3.30. The fourth-order valence-corrected chi connectivity index (χ4v) is 4.16. The summed E-state index contributed by atoms with van der Waals surface area (Å²) in [6, 6.07) is 7.30. The van der Waals surface area contributed by atoms with Crippen LogP contribution in [0.25, 0.3) is 11.1 Å². The number of hydrogen-bond acceptors (Lipinski definition) is 6. The summed E-state index contributed by atoms with van der Waals surface area (Å²) in [5.41, 5.74) is 2.32. The third-order valence-electron chi connectivity index (χ3n) is 5.79. The lowest BCUT2D eigenvalue weighted by molar-refractivity contribution is 0.152. The van der Waals surface area contributed by atoms with Gasteiger partial charge >= 0.3 is 0 Å². The molecule has 0 unspecified atom stereocenters. The van der Waals surface area contributed by atoms with Crippen molar-refractivity contribution in [2.75, 3.05) is 27.3 Å². The van der Waals surface area contributed by atoms with Crippen molar-refractivity contribution in [3.8, 4) is 11.5 Å². The second-order valence-corrected chi connectivity index (χ2v) is 7.61. The first-order valence-corrected chi connectivity index (χ1v) is 9.98. The van der Waals surface area contributed by atoms with Crippen molar-refractivity contribution in [2.45, 2.75) is 38.7 Å². The number of aromatic nitrogens is 2. The molecule has 6 nitrogen and oxygen atoms in total. The number of rotatable bonds is 6. The second-order valence-electron chi connectivity index (χ2n) is 7.61. The number of methoxy groups -OCH3 is 2. The van der Waals surface area contributed by atoms with E-state index in [4.69, 9.17) is 14.0 Å². The first-order chi connectivity index (χ1) is 14.5. The van der Waals surface area contributed by atoms with Crippen LogP contribution in [0.3, 0.4) is 0 Å². The molecule has 0 saturated carbocycles. The van der Waals surface area contributed by atoms with E-state index in [0.29, 0.717) is 16.8 Å². The molecule has 3 aromatic rings. The van der Waals surface area contributed by atoms with E-state index in [1.807, 2.05) is 18.2 Å². The summed E-state index contributed by atoms with van der Waals surface area (Å²) in [5.74, 6) is 1.73. The normalized spacial score (nSPS) is 15.8. The molecule has 1 aliphatic rings. The first-order valence-electron chi connectivity index (χ1n) is 9.98. The van der Waals surface area contributed by atoms with Crippen molar-refractivity contribution < 1.29 is 22.8 Å². The van der Waals surface area contributed by atoms with E-state index in [1.54, 1.807) is 21.1 Å². The highest BCUT2D eigenvalue weighted by Gasteiger charge is 2.26. The SMILES string of the molecule is COc1ccc(OC)c(CN2CCC(c3cc(C(F)F)c4c(C)noc4n3)CC2)c1. The van der Waals surface area contributed by atoms with Crippen molar-refractivity contribution in [1.29, 1.82) is 0 Å². The highest BCUT2D eigenvalue weighted by Crippen LogP contribution is 2.35. The Bertz CT molecular complexity index is 1030. The quantitative estimate of drug-likeness (QED) is 0.571. The number of piperidine rings is 1. The number of hydrogen-bond donors (Lipinski definition) is 0. The molecule has 160 valence electrons. The van der Waals surface area contributed by atoms with Gasteiger partial charge in [0.2, 0.25) is 0 Å². The van der Waals surface area contributed by atoms with Crippen molar-refractivity contribution in [3.63, 3.8) is 0 Å². The van der Waals surface area contributed by atoms with Crippen LogP contribution in [0.5, 0.6) is 11.5 Å². The van der Waals surface area contributed by atoms with Gasteiger partial charge in [-0.3, -0.25) is 4.90 Å². The van der Waals surface area contributed by atoms with Crippen LogP contribution < -0.4 is 9.47 Å². The Morgan fingerprint density at radius 3 is 2.60 bits per heavy atom. The Morgan fingerprint density at radius 1 is 1.17 bits per heavy atom.